The van der Waals surface area contributed by atoms with Crippen LogP contribution in [0.4, 0.5) is 0 Å². The molecule has 1 aliphatic rings. The van der Waals surface area contributed by atoms with E-state index in [1.54, 1.807) is 0 Å². The SMILES string of the molecule is CCc1c2[nH]c(c1C)C=c1[nH]c(c(CCCCN)c1C)=Cc1[nH]c(c(C)c1CCCCN)C=c1[nH]c(c(C)c1CC)=C2. The minimum Gasteiger partial charge on any atom is -0.355 e. The van der Waals surface area contributed by atoms with Gasteiger partial charge < -0.3 is 31.4 Å². The minimum atomic E-state index is 0.724. The number of rotatable bonds is 10. The summed E-state index contributed by atoms with van der Waals surface area (Å²) < 4.78 is 0. The van der Waals surface area contributed by atoms with E-state index in [4.69, 9.17) is 11.5 Å². The summed E-state index contributed by atoms with van der Waals surface area (Å²) in [6, 6.07) is 0. The lowest BCUT2D eigenvalue weighted by Crippen LogP contribution is -2.13. The fourth-order valence-corrected chi connectivity index (χ4v) is 6.81. The molecule has 224 valence electrons. The molecule has 0 saturated carbocycles. The van der Waals surface area contributed by atoms with Gasteiger partial charge in [-0.3, -0.25) is 0 Å². The molecule has 5 rings (SSSR count). The molecule has 0 atom stereocenters. The molecule has 0 radical (unpaired) electrons. The first-order valence-corrected chi connectivity index (χ1v) is 16.0. The van der Waals surface area contributed by atoms with Gasteiger partial charge in [-0.05, 0) is 161 Å². The monoisotopic (exact) mass is 566 g/mol. The third kappa shape index (κ3) is 5.62. The second kappa shape index (κ2) is 12.8. The van der Waals surface area contributed by atoms with E-state index in [1.807, 2.05) is 0 Å². The Morgan fingerprint density at radius 3 is 1.45 bits per heavy atom. The van der Waals surface area contributed by atoms with Crippen LogP contribution in [0, 0.1) is 27.7 Å². The zero-order chi connectivity index (χ0) is 30.0. The summed E-state index contributed by atoms with van der Waals surface area (Å²) in [5.41, 5.74) is 27.3. The van der Waals surface area contributed by atoms with Crippen LogP contribution in [0.5, 0.6) is 0 Å². The smallest absolute Gasteiger partial charge is 0.0441 e. The van der Waals surface area contributed by atoms with Crippen molar-refractivity contribution >= 4 is 24.3 Å². The van der Waals surface area contributed by atoms with Gasteiger partial charge in [0.25, 0.3) is 0 Å². The van der Waals surface area contributed by atoms with Crippen LogP contribution in [0.1, 0.15) is 107 Å². The van der Waals surface area contributed by atoms with Crippen LogP contribution in [0.25, 0.3) is 24.3 Å². The highest BCUT2D eigenvalue weighted by Gasteiger charge is 2.16. The number of aromatic nitrogens is 4. The number of H-pyrrole nitrogens is 4. The lowest BCUT2D eigenvalue weighted by molar-refractivity contribution is 0.740. The molecule has 0 amide bonds. The summed E-state index contributed by atoms with van der Waals surface area (Å²) in [5.74, 6) is 0. The van der Waals surface area contributed by atoms with E-state index in [1.165, 1.54) is 88.7 Å². The van der Waals surface area contributed by atoms with Gasteiger partial charge in [-0.15, -0.1) is 0 Å². The fourth-order valence-electron chi connectivity index (χ4n) is 6.81. The van der Waals surface area contributed by atoms with Crippen molar-refractivity contribution in [2.24, 2.45) is 11.5 Å². The van der Waals surface area contributed by atoms with Crippen LogP contribution < -0.4 is 32.9 Å². The van der Waals surface area contributed by atoms with Crippen molar-refractivity contribution in [3.63, 3.8) is 0 Å². The lowest BCUT2D eigenvalue weighted by Gasteiger charge is -2.03. The van der Waals surface area contributed by atoms with Gasteiger partial charge in [0.15, 0.2) is 0 Å². The molecular formula is C36H50N6. The predicted molar refractivity (Wildman–Crippen MR) is 178 cm³/mol. The van der Waals surface area contributed by atoms with Crippen molar-refractivity contribution in [2.45, 2.75) is 92.9 Å². The molecule has 0 spiro atoms. The van der Waals surface area contributed by atoms with E-state index in [0.717, 1.165) is 64.5 Å². The first kappa shape index (κ1) is 30.0. The van der Waals surface area contributed by atoms with Gasteiger partial charge in [-0.25, -0.2) is 0 Å². The summed E-state index contributed by atoms with van der Waals surface area (Å²) in [6.07, 6.45) is 17.5. The Morgan fingerprint density at radius 2 is 0.881 bits per heavy atom. The largest absolute Gasteiger partial charge is 0.355 e. The summed E-state index contributed by atoms with van der Waals surface area (Å²) in [4.78, 5) is 15.3. The summed E-state index contributed by atoms with van der Waals surface area (Å²) in [7, 11) is 0. The number of aromatic amines is 4. The zero-order valence-corrected chi connectivity index (χ0v) is 26.5. The molecule has 6 heteroatoms. The quantitative estimate of drug-likeness (QED) is 0.145. The second-order valence-electron chi connectivity index (χ2n) is 12.0. The maximum Gasteiger partial charge on any atom is 0.0441 e. The molecule has 4 aromatic heterocycles. The second-order valence-corrected chi connectivity index (χ2v) is 12.0. The molecule has 0 saturated heterocycles. The van der Waals surface area contributed by atoms with Gasteiger partial charge in [0.2, 0.25) is 0 Å². The highest BCUT2D eigenvalue weighted by molar-refractivity contribution is 5.65. The van der Waals surface area contributed by atoms with Crippen LogP contribution in [0.15, 0.2) is 0 Å². The molecule has 0 fully saturated rings. The van der Waals surface area contributed by atoms with Crippen molar-refractivity contribution in [1.29, 1.82) is 0 Å². The number of hydrogen-bond acceptors (Lipinski definition) is 2. The first-order chi connectivity index (χ1) is 20.3. The molecular weight excluding hydrogens is 516 g/mol. The Hall–Kier alpha value is -3.48. The van der Waals surface area contributed by atoms with Gasteiger partial charge in [0.05, 0.1) is 0 Å². The Labute approximate surface area is 250 Å². The van der Waals surface area contributed by atoms with E-state index in [2.05, 4.69) is 85.8 Å². The minimum absolute atomic E-state index is 0.724. The van der Waals surface area contributed by atoms with E-state index in [9.17, 15) is 0 Å². The van der Waals surface area contributed by atoms with Crippen molar-refractivity contribution in [3.8, 4) is 0 Å². The van der Waals surface area contributed by atoms with E-state index < -0.39 is 0 Å². The molecule has 0 unspecified atom stereocenters. The summed E-state index contributed by atoms with van der Waals surface area (Å²) in [6.45, 7) is 15.0. The molecule has 5 heterocycles. The Kier molecular flexibility index (Phi) is 9.14. The average molecular weight is 567 g/mol. The van der Waals surface area contributed by atoms with Gasteiger partial charge >= 0.3 is 0 Å². The van der Waals surface area contributed by atoms with Gasteiger partial charge in [-0.1, -0.05) is 13.8 Å². The third-order valence-electron chi connectivity index (χ3n) is 9.43. The van der Waals surface area contributed by atoms with Crippen LogP contribution in [0.2, 0.25) is 0 Å². The molecule has 1 aliphatic heterocycles. The predicted octanol–water partition coefficient (Wildman–Crippen LogP) is 3.55. The standard InChI is InChI=1S/C36H50N6/c1-7-25-21(3)29-17-30-23(5)27(13-9-11-15-37)35(41-30)20-36-28(14-10-12-16-38)24(6)32(42-36)19-34-26(8-2)22(4)31(40-34)18-33(25)39-29/h17-20,39-42H,7-16,37-38H2,1-6H3. The van der Waals surface area contributed by atoms with Crippen molar-refractivity contribution in [2.75, 3.05) is 13.1 Å². The Balaban J connectivity index is 1.87. The van der Waals surface area contributed by atoms with Crippen LogP contribution in [0.3, 0.4) is 0 Å². The van der Waals surface area contributed by atoms with Crippen LogP contribution in [-0.2, 0) is 25.7 Å². The van der Waals surface area contributed by atoms with Gasteiger partial charge in [0, 0.05) is 44.2 Å². The highest BCUT2D eigenvalue weighted by Crippen LogP contribution is 2.23. The van der Waals surface area contributed by atoms with Crippen molar-refractivity contribution in [3.05, 3.63) is 88.7 Å². The van der Waals surface area contributed by atoms with Gasteiger partial charge in [-0.2, -0.15) is 0 Å². The summed E-state index contributed by atoms with van der Waals surface area (Å²) >= 11 is 0. The fraction of sp³-hybridized carbons (Fsp3) is 0.444. The lowest BCUT2D eigenvalue weighted by atomic mass is 10.0. The maximum absolute atomic E-state index is 5.89. The summed E-state index contributed by atoms with van der Waals surface area (Å²) in [5, 5.41) is 4.72. The first-order valence-electron chi connectivity index (χ1n) is 16.0. The number of fused-ring (bicyclic) bond motifs is 8. The van der Waals surface area contributed by atoms with Crippen molar-refractivity contribution < 1.29 is 0 Å². The van der Waals surface area contributed by atoms with E-state index in [-0.39, 0.29) is 0 Å². The Morgan fingerprint density at radius 1 is 0.452 bits per heavy atom. The molecule has 0 aromatic carbocycles. The van der Waals surface area contributed by atoms with E-state index in [0.29, 0.717) is 0 Å². The molecule has 4 aromatic rings. The number of unbranched alkanes of at least 4 members (excludes halogenated alkanes) is 2. The number of nitrogens with two attached hydrogens (primary N) is 2. The van der Waals surface area contributed by atoms with Crippen LogP contribution >= 0.6 is 0 Å². The highest BCUT2D eigenvalue weighted by atomic mass is 14.8. The zero-order valence-electron chi connectivity index (χ0n) is 26.5. The molecule has 0 aliphatic carbocycles. The Bertz CT molecular complexity index is 1820. The molecule has 6 nitrogen and oxygen atoms in total. The number of hydrogen-bond donors (Lipinski definition) is 6. The molecule has 8 bridgehead atoms. The normalized spacial score (nSPS) is 12.6. The average Bonchev–Trinajstić information content (AvgIpc) is 3.63. The topological polar surface area (TPSA) is 115 Å². The van der Waals surface area contributed by atoms with Gasteiger partial charge in [0.1, 0.15) is 0 Å². The maximum atomic E-state index is 5.89. The number of nitrogens with one attached hydrogen (secondary N) is 4. The van der Waals surface area contributed by atoms with Crippen LogP contribution in [-0.4, -0.2) is 33.0 Å². The van der Waals surface area contributed by atoms with Crippen molar-refractivity contribution in [1.82, 2.24) is 19.9 Å². The van der Waals surface area contributed by atoms with E-state index >= 15 is 0 Å². The third-order valence-corrected chi connectivity index (χ3v) is 9.43. The molecule has 42 heavy (non-hydrogen) atoms. The molecule has 8 N–H and O–H groups in total.